The molecule has 1 unspecified atom stereocenters. The highest BCUT2D eigenvalue weighted by atomic mass is 15.1. The van der Waals surface area contributed by atoms with Crippen molar-refractivity contribution in [1.82, 2.24) is 10.2 Å². The van der Waals surface area contributed by atoms with Crippen molar-refractivity contribution in [2.24, 2.45) is 5.41 Å². The Labute approximate surface area is 131 Å². The highest BCUT2D eigenvalue weighted by Crippen LogP contribution is 2.23. The second kappa shape index (κ2) is 7.42. The predicted octanol–water partition coefficient (Wildman–Crippen LogP) is 4.23. The Morgan fingerprint density at radius 2 is 1.62 bits per heavy atom. The molecule has 1 N–H and O–H groups in total. The first-order chi connectivity index (χ1) is 9.63. The maximum Gasteiger partial charge on any atom is 0.0230 e. The molecular weight excluding hydrogens is 256 g/mol. The number of nitrogens with one attached hydrogen (secondary N) is 1. The summed E-state index contributed by atoms with van der Waals surface area (Å²) in [5.74, 6) is 0. The van der Waals surface area contributed by atoms with Crippen LogP contribution < -0.4 is 5.32 Å². The molecule has 1 atom stereocenters. The highest BCUT2D eigenvalue weighted by Gasteiger charge is 2.25. The quantitative estimate of drug-likeness (QED) is 0.808. The summed E-state index contributed by atoms with van der Waals surface area (Å²) in [7, 11) is 2.23. The van der Waals surface area contributed by atoms with Gasteiger partial charge in [0.15, 0.2) is 0 Å². The van der Waals surface area contributed by atoms with Crippen LogP contribution in [0, 0.1) is 12.3 Å². The molecule has 0 aliphatic heterocycles. The van der Waals surface area contributed by atoms with Gasteiger partial charge in [-0.1, -0.05) is 43.7 Å². The van der Waals surface area contributed by atoms with Gasteiger partial charge in [-0.3, -0.25) is 0 Å². The van der Waals surface area contributed by atoms with Gasteiger partial charge >= 0.3 is 0 Å². The topological polar surface area (TPSA) is 15.3 Å². The molecule has 0 saturated heterocycles. The lowest BCUT2D eigenvalue weighted by Gasteiger charge is -2.36. The molecule has 0 radical (unpaired) electrons. The van der Waals surface area contributed by atoms with Crippen molar-refractivity contribution in [3.8, 4) is 0 Å². The van der Waals surface area contributed by atoms with Crippen LogP contribution in [0.25, 0.3) is 0 Å². The summed E-state index contributed by atoms with van der Waals surface area (Å²) in [6.45, 7) is 16.7. The van der Waals surface area contributed by atoms with Crippen molar-refractivity contribution >= 4 is 0 Å². The number of rotatable bonds is 7. The summed E-state index contributed by atoms with van der Waals surface area (Å²) in [4.78, 5) is 2.44. The SMILES string of the molecule is CCC(C)(CNC(C)(C)C)CN(C)Cc1ccc(C)cc1. The number of hydrogen-bond donors (Lipinski definition) is 1. The average Bonchev–Trinajstić information content (AvgIpc) is 2.38. The van der Waals surface area contributed by atoms with E-state index in [0.717, 1.165) is 19.6 Å². The van der Waals surface area contributed by atoms with Gasteiger partial charge in [0, 0.05) is 25.2 Å². The lowest BCUT2D eigenvalue weighted by atomic mass is 9.86. The lowest BCUT2D eigenvalue weighted by Crippen LogP contribution is -2.46. The fraction of sp³-hybridized carbons (Fsp3) is 0.684. The van der Waals surface area contributed by atoms with Gasteiger partial charge < -0.3 is 10.2 Å². The second-order valence-electron chi connectivity index (χ2n) is 7.93. The predicted molar refractivity (Wildman–Crippen MR) is 93.7 cm³/mol. The van der Waals surface area contributed by atoms with Crippen LogP contribution in [0.3, 0.4) is 0 Å². The number of hydrogen-bond acceptors (Lipinski definition) is 2. The van der Waals surface area contributed by atoms with Gasteiger partial charge in [0.1, 0.15) is 0 Å². The minimum absolute atomic E-state index is 0.186. The van der Waals surface area contributed by atoms with E-state index in [-0.39, 0.29) is 5.54 Å². The monoisotopic (exact) mass is 290 g/mol. The summed E-state index contributed by atoms with van der Waals surface area (Å²) in [6, 6.07) is 8.87. The Hall–Kier alpha value is -0.860. The first-order valence-corrected chi connectivity index (χ1v) is 8.13. The van der Waals surface area contributed by atoms with Gasteiger partial charge in [-0.15, -0.1) is 0 Å². The standard InChI is InChI=1S/C19H34N2/c1-8-19(6,14-20-18(3,4)5)15-21(7)13-17-11-9-16(2)10-12-17/h9-12,20H,8,13-15H2,1-7H3. The molecule has 0 aliphatic carbocycles. The fourth-order valence-electron chi connectivity index (χ4n) is 2.48. The van der Waals surface area contributed by atoms with Crippen LogP contribution in [0.5, 0.6) is 0 Å². The smallest absolute Gasteiger partial charge is 0.0230 e. The van der Waals surface area contributed by atoms with Crippen LogP contribution in [0.15, 0.2) is 24.3 Å². The van der Waals surface area contributed by atoms with Gasteiger partial charge in [0.2, 0.25) is 0 Å². The van der Waals surface area contributed by atoms with Crippen molar-refractivity contribution in [2.45, 2.75) is 60.0 Å². The molecule has 0 aromatic heterocycles. The molecule has 0 fully saturated rings. The molecule has 0 aliphatic rings. The zero-order valence-corrected chi connectivity index (χ0v) is 15.1. The molecule has 2 nitrogen and oxygen atoms in total. The number of benzene rings is 1. The van der Waals surface area contributed by atoms with Gasteiger partial charge in [-0.2, -0.15) is 0 Å². The normalized spacial score (nSPS) is 15.2. The van der Waals surface area contributed by atoms with E-state index in [0.29, 0.717) is 5.41 Å². The summed E-state index contributed by atoms with van der Waals surface area (Å²) in [5.41, 5.74) is 3.22. The minimum Gasteiger partial charge on any atom is -0.311 e. The lowest BCUT2D eigenvalue weighted by molar-refractivity contribution is 0.164. The van der Waals surface area contributed by atoms with Crippen molar-refractivity contribution < 1.29 is 0 Å². The van der Waals surface area contributed by atoms with E-state index in [9.17, 15) is 0 Å². The summed E-state index contributed by atoms with van der Waals surface area (Å²) in [6.07, 6.45) is 1.19. The summed E-state index contributed by atoms with van der Waals surface area (Å²) >= 11 is 0. The molecule has 0 heterocycles. The van der Waals surface area contributed by atoms with Crippen LogP contribution >= 0.6 is 0 Å². The molecule has 2 heteroatoms. The van der Waals surface area contributed by atoms with E-state index in [4.69, 9.17) is 0 Å². The van der Waals surface area contributed by atoms with E-state index in [2.05, 4.69) is 83.1 Å². The zero-order chi connectivity index (χ0) is 16.1. The Kier molecular flexibility index (Phi) is 6.42. The third-order valence-electron chi connectivity index (χ3n) is 4.12. The molecule has 0 bridgehead atoms. The Morgan fingerprint density at radius 1 is 1.05 bits per heavy atom. The van der Waals surface area contributed by atoms with E-state index in [1.807, 2.05) is 0 Å². The van der Waals surface area contributed by atoms with E-state index < -0.39 is 0 Å². The van der Waals surface area contributed by atoms with Crippen molar-refractivity contribution in [3.63, 3.8) is 0 Å². The molecule has 120 valence electrons. The summed E-state index contributed by atoms with van der Waals surface area (Å²) in [5, 5.41) is 3.66. The third kappa shape index (κ3) is 7.10. The second-order valence-corrected chi connectivity index (χ2v) is 7.93. The maximum absolute atomic E-state index is 3.66. The van der Waals surface area contributed by atoms with Crippen LogP contribution in [-0.4, -0.2) is 30.6 Å². The fourth-order valence-corrected chi connectivity index (χ4v) is 2.48. The largest absolute Gasteiger partial charge is 0.311 e. The van der Waals surface area contributed by atoms with E-state index in [1.165, 1.54) is 17.5 Å². The van der Waals surface area contributed by atoms with Gasteiger partial charge in [-0.05, 0) is 52.1 Å². The molecule has 0 saturated carbocycles. The number of nitrogens with zero attached hydrogens (tertiary/aromatic N) is 1. The molecule has 1 aromatic carbocycles. The molecule has 1 rings (SSSR count). The Balaban J connectivity index is 2.56. The zero-order valence-electron chi connectivity index (χ0n) is 15.1. The molecule has 0 spiro atoms. The van der Waals surface area contributed by atoms with Crippen LogP contribution in [-0.2, 0) is 6.54 Å². The van der Waals surface area contributed by atoms with Crippen molar-refractivity contribution in [1.29, 1.82) is 0 Å². The van der Waals surface area contributed by atoms with E-state index in [1.54, 1.807) is 0 Å². The Morgan fingerprint density at radius 3 is 2.10 bits per heavy atom. The number of aryl methyl sites for hydroxylation is 1. The average molecular weight is 290 g/mol. The molecular formula is C19H34N2. The van der Waals surface area contributed by atoms with Crippen LogP contribution in [0.2, 0.25) is 0 Å². The first kappa shape index (κ1) is 18.2. The molecule has 1 aromatic rings. The molecule has 21 heavy (non-hydrogen) atoms. The van der Waals surface area contributed by atoms with Crippen molar-refractivity contribution in [2.75, 3.05) is 20.1 Å². The van der Waals surface area contributed by atoms with Gasteiger partial charge in [-0.25, -0.2) is 0 Å². The third-order valence-corrected chi connectivity index (χ3v) is 4.12. The highest BCUT2D eigenvalue weighted by molar-refractivity contribution is 5.21. The maximum atomic E-state index is 3.66. The van der Waals surface area contributed by atoms with Gasteiger partial charge in [0.05, 0.1) is 0 Å². The van der Waals surface area contributed by atoms with E-state index >= 15 is 0 Å². The van der Waals surface area contributed by atoms with Gasteiger partial charge in [0.25, 0.3) is 0 Å². The Bertz CT molecular complexity index is 416. The van der Waals surface area contributed by atoms with Crippen LogP contribution in [0.1, 0.15) is 52.2 Å². The molecule has 0 amide bonds. The van der Waals surface area contributed by atoms with Crippen LogP contribution in [0.4, 0.5) is 0 Å². The summed E-state index contributed by atoms with van der Waals surface area (Å²) < 4.78 is 0. The van der Waals surface area contributed by atoms with Crippen molar-refractivity contribution in [3.05, 3.63) is 35.4 Å². The first-order valence-electron chi connectivity index (χ1n) is 8.13. The minimum atomic E-state index is 0.186.